The second-order valence-corrected chi connectivity index (χ2v) is 8.78. The summed E-state index contributed by atoms with van der Waals surface area (Å²) in [5.41, 5.74) is 6.10. The van der Waals surface area contributed by atoms with Crippen LogP contribution in [0.5, 0.6) is 0 Å². The smallest absolute Gasteiger partial charge is 0.223 e. The van der Waals surface area contributed by atoms with Gasteiger partial charge in [-0.1, -0.05) is 65.8 Å². The van der Waals surface area contributed by atoms with Crippen LogP contribution >= 0.6 is 0 Å². The summed E-state index contributed by atoms with van der Waals surface area (Å²) in [5.74, 6) is -0.0619. The van der Waals surface area contributed by atoms with Gasteiger partial charge in [-0.15, -0.1) is 0 Å². The summed E-state index contributed by atoms with van der Waals surface area (Å²) in [4.78, 5) is 17.2. The van der Waals surface area contributed by atoms with E-state index < -0.39 is 0 Å². The molecule has 35 heavy (non-hydrogen) atoms. The molecule has 2 N–H and O–H groups in total. The van der Waals surface area contributed by atoms with Crippen LogP contribution in [0, 0.1) is 13.8 Å². The van der Waals surface area contributed by atoms with Gasteiger partial charge >= 0.3 is 0 Å². The molecular formula is C29H34N4O2. The van der Waals surface area contributed by atoms with Gasteiger partial charge in [-0.2, -0.15) is 0 Å². The van der Waals surface area contributed by atoms with Crippen molar-refractivity contribution in [3.8, 4) is 0 Å². The minimum Gasteiger partial charge on any atom is -0.395 e. The van der Waals surface area contributed by atoms with Gasteiger partial charge in [0.2, 0.25) is 5.91 Å². The highest BCUT2D eigenvalue weighted by Crippen LogP contribution is 2.25. The number of nitrogens with one attached hydrogen (secondary N) is 2. The van der Waals surface area contributed by atoms with E-state index in [0.29, 0.717) is 0 Å². The van der Waals surface area contributed by atoms with Crippen molar-refractivity contribution in [2.75, 3.05) is 20.2 Å². The topological polar surface area (TPSA) is 67.6 Å². The molecule has 0 aliphatic heterocycles. The zero-order chi connectivity index (χ0) is 24.6. The number of carbonyl (C=O) groups excluding carboxylic acids is 1. The standard InChI is InChI=1S/C29H34N4O2/c1-21-14-15-25-28(32-35-19-16-27(34)30-3)24-12-7-8-13-26(24)33(29(25)22(21)2)18-9-17-31-20-23-10-5-4-6-11-23/h4-8,10-15,31H,9,16-20H2,1-3H3,(H,30,34)/b32-28+. The van der Waals surface area contributed by atoms with Gasteiger partial charge in [0.1, 0.15) is 12.0 Å². The second kappa shape index (κ2) is 11.7. The lowest BCUT2D eigenvalue weighted by molar-refractivity contribution is -0.121. The molecule has 0 atom stereocenters. The average molecular weight is 471 g/mol. The molecule has 1 aromatic heterocycles. The molecule has 4 aromatic rings. The molecule has 182 valence electrons. The van der Waals surface area contributed by atoms with Crippen LogP contribution < -0.4 is 16.0 Å². The van der Waals surface area contributed by atoms with Crippen LogP contribution in [0.15, 0.2) is 71.9 Å². The number of para-hydroxylation sites is 1. The van der Waals surface area contributed by atoms with E-state index in [9.17, 15) is 4.79 Å². The molecule has 0 aliphatic carbocycles. The van der Waals surface area contributed by atoms with Crippen LogP contribution in [-0.4, -0.2) is 30.7 Å². The number of amides is 1. The highest BCUT2D eigenvalue weighted by Gasteiger charge is 2.13. The Kier molecular flexibility index (Phi) is 8.16. The van der Waals surface area contributed by atoms with Crippen LogP contribution in [-0.2, 0) is 22.7 Å². The highest BCUT2D eigenvalue weighted by molar-refractivity contribution is 5.95. The predicted octanol–water partition coefficient (Wildman–Crippen LogP) is 4.56. The van der Waals surface area contributed by atoms with Crippen molar-refractivity contribution < 1.29 is 9.63 Å². The molecule has 0 radical (unpaired) electrons. The number of aryl methyl sites for hydroxylation is 3. The quantitative estimate of drug-likeness (QED) is 0.203. The summed E-state index contributed by atoms with van der Waals surface area (Å²) in [6, 6.07) is 23.1. The maximum absolute atomic E-state index is 11.6. The molecule has 0 spiro atoms. The third kappa shape index (κ3) is 5.72. The van der Waals surface area contributed by atoms with Crippen LogP contribution in [0.1, 0.15) is 29.5 Å². The molecule has 0 saturated carbocycles. The predicted molar refractivity (Wildman–Crippen MR) is 142 cm³/mol. The Bertz CT molecular complexity index is 1380. The van der Waals surface area contributed by atoms with Gasteiger partial charge in [0.25, 0.3) is 0 Å². The van der Waals surface area contributed by atoms with Gasteiger partial charge < -0.3 is 20.0 Å². The molecule has 6 nitrogen and oxygen atoms in total. The Morgan fingerprint density at radius 3 is 2.54 bits per heavy atom. The first-order valence-corrected chi connectivity index (χ1v) is 12.2. The molecule has 0 saturated heterocycles. The number of aromatic nitrogens is 1. The lowest BCUT2D eigenvalue weighted by atomic mass is 10.0. The lowest BCUT2D eigenvalue weighted by Gasteiger charge is -2.19. The van der Waals surface area contributed by atoms with Crippen LogP contribution in [0.25, 0.3) is 21.8 Å². The lowest BCUT2D eigenvalue weighted by Crippen LogP contribution is -2.20. The maximum Gasteiger partial charge on any atom is 0.223 e. The van der Waals surface area contributed by atoms with Crippen molar-refractivity contribution in [1.82, 2.24) is 15.2 Å². The Hall–Kier alpha value is -3.64. The van der Waals surface area contributed by atoms with Crippen molar-refractivity contribution in [3.05, 3.63) is 88.8 Å². The molecule has 1 amide bonds. The Balaban J connectivity index is 1.66. The number of hydrogen-bond acceptors (Lipinski definition) is 4. The largest absolute Gasteiger partial charge is 0.395 e. The number of nitrogens with zero attached hydrogens (tertiary/aromatic N) is 2. The summed E-state index contributed by atoms with van der Waals surface area (Å²) in [6.45, 7) is 7.25. The molecule has 0 fully saturated rings. The first-order valence-electron chi connectivity index (χ1n) is 12.2. The van der Waals surface area contributed by atoms with Gasteiger partial charge in [-0.25, -0.2) is 0 Å². The summed E-state index contributed by atoms with van der Waals surface area (Å²) in [6.07, 6.45) is 1.28. The molecule has 0 bridgehead atoms. The van der Waals surface area contributed by atoms with Crippen molar-refractivity contribution in [1.29, 1.82) is 0 Å². The van der Waals surface area contributed by atoms with Crippen molar-refractivity contribution >= 4 is 27.7 Å². The fraction of sp³-hybridized carbons (Fsp3) is 0.310. The van der Waals surface area contributed by atoms with E-state index in [1.807, 2.05) is 12.1 Å². The molecule has 1 heterocycles. The summed E-state index contributed by atoms with van der Waals surface area (Å²) in [5, 5.41) is 13.6. The molecule has 3 aromatic carbocycles. The van der Waals surface area contributed by atoms with E-state index in [-0.39, 0.29) is 18.9 Å². The zero-order valence-electron chi connectivity index (χ0n) is 20.8. The Morgan fingerprint density at radius 1 is 0.971 bits per heavy atom. The van der Waals surface area contributed by atoms with Crippen LogP contribution in [0.3, 0.4) is 0 Å². The van der Waals surface area contributed by atoms with Crippen molar-refractivity contribution in [2.24, 2.45) is 5.16 Å². The van der Waals surface area contributed by atoms with Gasteiger partial charge in [-0.05, 0) is 49.6 Å². The summed E-state index contributed by atoms with van der Waals surface area (Å²) < 4.78 is 2.42. The van der Waals surface area contributed by atoms with Gasteiger partial charge in [0.05, 0.1) is 17.5 Å². The van der Waals surface area contributed by atoms with Crippen molar-refractivity contribution in [2.45, 2.75) is 39.8 Å². The van der Waals surface area contributed by atoms with Crippen LogP contribution in [0.4, 0.5) is 0 Å². The number of fused-ring (bicyclic) bond motifs is 2. The van der Waals surface area contributed by atoms with E-state index in [0.717, 1.165) is 47.7 Å². The molecular weight excluding hydrogens is 436 g/mol. The fourth-order valence-electron chi connectivity index (χ4n) is 4.41. The molecule has 0 aliphatic rings. The van der Waals surface area contributed by atoms with Crippen LogP contribution in [0.2, 0.25) is 0 Å². The molecule has 4 rings (SSSR count). The Labute approximate surface area is 206 Å². The number of benzene rings is 3. The van der Waals surface area contributed by atoms with Crippen molar-refractivity contribution in [3.63, 3.8) is 0 Å². The van der Waals surface area contributed by atoms with Gasteiger partial charge in [-0.3, -0.25) is 4.79 Å². The fourth-order valence-corrected chi connectivity index (χ4v) is 4.41. The van der Waals surface area contributed by atoms with E-state index >= 15 is 0 Å². The average Bonchev–Trinajstić information content (AvgIpc) is 2.89. The number of hydrogen-bond donors (Lipinski definition) is 2. The number of pyridine rings is 1. The minimum atomic E-state index is -0.0619. The van der Waals surface area contributed by atoms with Gasteiger partial charge in [0.15, 0.2) is 0 Å². The first-order chi connectivity index (χ1) is 17.1. The third-order valence-electron chi connectivity index (χ3n) is 6.44. The normalized spacial score (nSPS) is 11.8. The molecule has 6 heteroatoms. The number of rotatable bonds is 10. The van der Waals surface area contributed by atoms with E-state index in [1.54, 1.807) is 7.05 Å². The maximum atomic E-state index is 11.6. The minimum absolute atomic E-state index is 0.0619. The highest BCUT2D eigenvalue weighted by atomic mass is 16.6. The molecule has 0 unspecified atom stereocenters. The summed E-state index contributed by atoms with van der Waals surface area (Å²) >= 11 is 0. The van der Waals surface area contributed by atoms with E-state index in [2.05, 4.69) is 88.8 Å². The summed E-state index contributed by atoms with van der Waals surface area (Å²) in [7, 11) is 1.62. The SMILES string of the molecule is CNC(=O)CCO/N=c1\c2ccccc2n(CCCNCc2ccccc2)c2c(C)c(C)ccc12. The zero-order valence-corrected chi connectivity index (χ0v) is 20.8. The first kappa shape index (κ1) is 24.5. The monoisotopic (exact) mass is 470 g/mol. The van der Waals surface area contributed by atoms with E-state index in [1.165, 1.54) is 22.2 Å². The number of carbonyl (C=O) groups is 1. The second-order valence-electron chi connectivity index (χ2n) is 8.78. The van der Waals surface area contributed by atoms with Gasteiger partial charge in [0, 0.05) is 30.9 Å². The van der Waals surface area contributed by atoms with E-state index in [4.69, 9.17) is 4.84 Å². The Morgan fingerprint density at radius 2 is 1.74 bits per heavy atom. The third-order valence-corrected chi connectivity index (χ3v) is 6.44.